The van der Waals surface area contributed by atoms with E-state index in [9.17, 15) is 4.79 Å². The van der Waals surface area contributed by atoms with Crippen molar-refractivity contribution in [1.82, 2.24) is 10.2 Å². The van der Waals surface area contributed by atoms with Gasteiger partial charge in [0.05, 0.1) is 5.92 Å². The minimum absolute atomic E-state index is 0.0985. The molecule has 0 radical (unpaired) electrons. The molecule has 1 saturated heterocycles. The standard InChI is InChI=1S/C18H26N2O/c1-13(2)11-20(12-15-7-5-9-19-15)18(21)17-10-14-6-3-4-8-16(14)17/h3-4,6,8,13,15,17,19H,5,7,9-12H2,1-2H3. The van der Waals surface area contributed by atoms with E-state index in [1.807, 2.05) is 6.07 Å². The highest BCUT2D eigenvalue weighted by Gasteiger charge is 2.35. The number of fused-ring (bicyclic) bond motifs is 1. The fraction of sp³-hybridized carbons (Fsp3) is 0.611. The molecule has 2 unspecified atom stereocenters. The molecule has 1 aliphatic heterocycles. The Labute approximate surface area is 127 Å². The molecule has 3 rings (SSSR count). The van der Waals surface area contributed by atoms with Crippen LogP contribution < -0.4 is 5.32 Å². The molecule has 0 aromatic heterocycles. The number of hydrogen-bond acceptors (Lipinski definition) is 2. The lowest BCUT2D eigenvalue weighted by molar-refractivity contribution is -0.134. The Morgan fingerprint density at radius 2 is 2.19 bits per heavy atom. The first-order valence-corrected chi connectivity index (χ1v) is 8.25. The second-order valence-corrected chi connectivity index (χ2v) is 6.89. The first-order valence-electron chi connectivity index (χ1n) is 8.25. The van der Waals surface area contributed by atoms with Gasteiger partial charge in [0, 0.05) is 19.1 Å². The zero-order valence-electron chi connectivity index (χ0n) is 13.1. The summed E-state index contributed by atoms with van der Waals surface area (Å²) in [6, 6.07) is 8.85. The molecule has 114 valence electrons. The van der Waals surface area contributed by atoms with Gasteiger partial charge in [0.1, 0.15) is 0 Å². The molecule has 1 heterocycles. The van der Waals surface area contributed by atoms with Gasteiger partial charge in [0.2, 0.25) is 5.91 Å². The molecule has 0 spiro atoms. The van der Waals surface area contributed by atoms with Crippen LogP contribution >= 0.6 is 0 Å². The van der Waals surface area contributed by atoms with E-state index in [1.165, 1.54) is 24.0 Å². The second kappa shape index (κ2) is 6.18. The quantitative estimate of drug-likeness (QED) is 0.902. The third-order valence-electron chi connectivity index (χ3n) is 4.65. The fourth-order valence-electron chi connectivity index (χ4n) is 3.57. The minimum Gasteiger partial charge on any atom is -0.340 e. The molecule has 0 saturated carbocycles. The topological polar surface area (TPSA) is 32.3 Å². The van der Waals surface area contributed by atoms with Crippen LogP contribution in [0.4, 0.5) is 0 Å². The molecule has 1 aliphatic carbocycles. The Hall–Kier alpha value is -1.35. The highest BCUT2D eigenvalue weighted by atomic mass is 16.2. The maximum Gasteiger partial charge on any atom is 0.230 e. The monoisotopic (exact) mass is 286 g/mol. The molecular weight excluding hydrogens is 260 g/mol. The molecule has 3 nitrogen and oxygen atoms in total. The lowest BCUT2D eigenvalue weighted by Crippen LogP contribution is -2.46. The van der Waals surface area contributed by atoms with Crippen LogP contribution in [0.15, 0.2) is 24.3 Å². The molecule has 2 atom stereocenters. The number of amides is 1. The zero-order chi connectivity index (χ0) is 14.8. The Bertz CT molecular complexity index is 506. The number of nitrogens with zero attached hydrogens (tertiary/aromatic N) is 1. The van der Waals surface area contributed by atoms with Crippen LogP contribution in [-0.4, -0.2) is 36.5 Å². The van der Waals surface area contributed by atoms with Crippen LogP contribution in [0.2, 0.25) is 0 Å². The van der Waals surface area contributed by atoms with Crippen LogP contribution in [0.5, 0.6) is 0 Å². The van der Waals surface area contributed by atoms with Crippen molar-refractivity contribution in [2.24, 2.45) is 5.92 Å². The van der Waals surface area contributed by atoms with Crippen molar-refractivity contribution < 1.29 is 4.79 Å². The van der Waals surface area contributed by atoms with Gasteiger partial charge in [-0.05, 0) is 42.9 Å². The van der Waals surface area contributed by atoms with E-state index in [-0.39, 0.29) is 5.92 Å². The Morgan fingerprint density at radius 1 is 1.38 bits per heavy atom. The van der Waals surface area contributed by atoms with Crippen molar-refractivity contribution in [3.63, 3.8) is 0 Å². The van der Waals surface area contributed by atoms with Crippen molar-refractivity contribution >= 4 is 5.91 Å². The van der Waals surface area contributed by atoms with E-state index in [2.05, 4.69) is 42.3 Å². The molecule has 1 N–H and O–H groups in total. The normalized spacial score (nSPS) is 23.8. The number of hydrogen-bond donors (Lipinski definition) is 1. The van der Waals surface area contributed by atoms with E-state index in [4.69, 9.17) is 0 Å². The van der Waals surface area contributed by atoms with Gasteiger partial charge in [-0.25, -0.2) is 0 Å². The van der Waals surface area contributed by atoms with Gasteiger partial charge in [0.15, 0.2) is 0 Å². The molecule has 21 heavy (non-hydrogen) atoms. The summed E-state index contributed by atoms with van der Waals surface area (Å²) in [4.78, 5) is 15.0. The number of rotatable bonds is 5. The third kappa shape index (κ3) is 3.13. The maximum atomic E-state index is 12.9. The van der Waals surface area contributed by atoms with E-state index in [0.717, 1.165) is 26.1 Å². The Kier molecular flexibility index (Phi) is 4.29. The number of benzene rings is 1. The first-order chi connectivity index (χ1) is 10.1. The smallest absolute Gasteiger partial charge is 0.230 e. The van der Waals surface area contributed by atoms with Crippen LogP contribution in [0.1, 0.15) is 43.7 Å². The van der Waals surface area contributed by atoms with E-state index in [1.54, 1.807) is 0 Å². The molecule has 2 aliphatic rings. The van der Waals surface area contributed by atoms with Crippen LogP contribution in [0, 0.1) is 5.92 Å². The average molecular weight is 286 g/mol. The predicted octanol–water partition coefficient (Wildman–Crippen LogP) is 2.56. The predicted molar refractivity (Wildman–Crippen MR) is 85.3 cm³/mol. The molecule has 0 bridgehead atoms. The summed E-state index contributed by atoms with van der Waals surface area (Å²) in [6.45, 7) is 7.22. The average Bonchev–Trinajstić information content (AvgIpc) is 2.92. The maximum absolute atomic E-state index is 12.9. The molecule has 3 heteroatoms. The highest BCUT2D eigenvalue weighted by molar-refractivity contribution is 5.87. The summed E-state index contributed by atoms with van der Waals surface area (Å²) in [5.74, 6) is 0.947. The summed E-state index contributed by atoms with van der Waals surface area (Å²) >= 11 is 0. The van der Waals surface area contributed by atoms with Gasteiger partial charge in [0.25, 0.3) is 0 Å². The van der Waals surface area contributed by atoms with Crippen molar-refractivity contribution in [3.05, 3.63) is 35.4 Å². The second-order valence-electron chi connectivity index (χ2n) is 6.89. The lowest BCUT2D eigenvalue weighted by atomic mass is 9.76. The van der Waals surface area contributed by atoms with Crippen molar-refractivity contribution in [3.8, 4) is 0 Å². The van der Waals surface area contributed by atoms with Crippen LogP contribution in [0.25, 0.3) is 0 Å². The zero-order valence-corrected chi connectivity index (χ0v) is 13.1. The van der Waals surface area contributed by atoms with Gasteiger partial charge in [-0.3, -0.25) is 4.79 Å². The SMILES string of the molecule is CC(C)CN(CC1CCCN1)C(=O)C1Cc2ccccc21. The summed E-state index contributed by atoms with van der Waals surface area (Å²) in [7, 11) is 0. The molecule has 1 fully saturated rings. The van der Waals surface area contributed by atoms with Gasteiger partial charge in [-0.15, -0.1) is 0 Å². The van der Waals surface area contributed by atoms with E-state index < -0.39 is 0 Å². The van der Waals surface area contributed by atoms with Crippen LogP contribution in [-0.2, 0) is 11.2 Å². The third-order valence-corrected chi connectivity index (χ3v) is 4.65. The van der Waals surface area contributed by atoms with Gasteiger partial charge in [-0.1, -0.05) is 38.1 Å². The van der Waals surface area contributed by atoms with Gasteiger partial charge in [-0.2, -0.15) is 0 Å². The van der Waals surface area contributed by atoms with Crippen molar-refractivity contribution in [2.45, 2.75) is 45.1 Å². The highest BCUT2D eigenvalue weighted by Crippen LogP contribution is 2.36. The van der Waals surface area contributed by atoms with Crippen LogP contribution in [0.3, 0.4) is 0 Å². The van der Waals surface area contributed by atoms with E-state index >= 15 is 0 Å². The van der Waals surface area contributed by atoms with Crippen molar-refractivity contribution in [2.75, 3.05) is 19.6 Å². The summed E-state index contributed by atoms with van der Waals surface area (Å²) < 4.78 is 0. The lowest BCUT2D eigenvalue weighted by Gasteiger charge is -2.36. The number of carbonyl (C=O) groups is 1. The minimum atomic E-state index is 0.0985. The summed E-state index contributed by atoms with van der Waals surface area (Å²) in [5, 5.41) is 3.52. The van der Waals surface area contributed by atoms with Gasteiger partial charge >= 0.3 is 0 Å². The van der Waals surface area contributed by atoms with Gasteiger partial charge < -0.3 is 10.2 Å². The summed E-state index contributed by atoms with van der Waals surface area (Å²) in [5.41, 5.74) is 2.59. The largest absolute Gasteiger partial charge is 0.340 e. The van der Waals surface area contributed by atoms with Crippen molar-refractivity contribution in [1.29, 1.82) is 0 Å². The first kappa shape index (κ1) is 14.6. The Balaban J connectivity index is 1.69. The molecule has 1 aromatic carbocycles. The molecule has 1 amide bonds. The fourth-order valence-corrected chi connectivity index (χ4v) is 3.57. The molecular formula is C18H26N2O. The number of nitrogens with one attached hydrogen (secondary N) is 1. The van der Waals surface area contributed by atoms with E-state index in [0.29, 0.717) is 17.9 Å². The number of carbonyl (C=O) groups excluding carboxylic acids is 1. The molecule has 1 aromatic rings. The summed E-state index contributed by atoms with van der Waals surface area (Å²) in [6.07, 6.45) is 3.35. The Morgan fingerprint density at radius 3 is 2.86 bits per heavy atom.